The third-order valence-corrected chi connectivity index (χ3v) is 4.30. The molecule has 2 aromatic heterocycles. The molecule has 0 spiro atoms. The fourth-order valence-corrected chi connectivity index (χ4v) is 3.25. The van der Waals surface area contributed by atoms with Crippen LogP contribution in [-0.2, 0) is 11.3 Å². The van der Waals surface area contributed by atoms with Crippen LogP contribution >= 0.6 is 0 Å². The Labute approximate surface area is 149 Å². The number of H-pyrrole nitrogens is 1. The smallest absolute Gasteiger partial charge is 0.278 e. The molecule has 0 radical (unpaired) electrons. The zero-order chi connectivity index (χ0) is 18.3. The molecule has 2 N–H and O–H groups in total. The molecule has 0 saturated heterocycles. The van der Waals surface area contributed by atoms with Gasteiger partial charge in [0.25, 0.3) is 5.56 Å². The molecule has 0 aliphatic heterocycles. The molecule has 130 valence electrons. The van der Waals surface area contributed by atoms with E-state index in [1.165, 1.54) is 10.9 Å². The summed E-state index contributed by atoms with van der Waals surface area (Å²) >= 11 is 0. The minimum Gasteiger partial charge on any atom is -0.349 e. The molecule has 0 unspecified atom stereocenters. The van der Waals surface area contributed by atoms with Crippen LogP contribution < -0.4 is 10.9 Å². The Hall–Kier alpha value is -3.41. The molecule has 4 rings (SSSR count). The van der Waals surface area contributed by atoms with Crippen LogP contribution in [0.15, 0.2) is 53.6 Å². The number of aromatic amines is 1. The predicted octanol–water partition coefficient (Wildman–Crippen LogP) is 3.13. The van der Waals surface area contributed by atoms with Crippen LogP contribution in [-0.4, -0.2) is 20.4 Å². The summed E-state index contributed by atoms with van der Waals surface area (Å²) in [6, 6.07) is 13.4. The van der Waals surface area contributed by atoms with Crippen molar-refractivity contribution < 1.29 is 4.79 Å². The molecule has 0 saturated carbocycles. The zero-order valence-corrected chi connectivity index (χ0v) is 14.5. The number of amides is 1. The number of hydrogen-bond donors (Lipinski definition) is 2. The van der Waals surface area contributed by atoms with E-state index in [0.29, 0.717) is 11.0 Å². The Balaban J connectivity index is 1.64. The minimum absolute atomic E-state index is 0.0931. The van der Waals surface area contributed by atoms with Crippen molar-refractivity contribution >= 4 is 33.5 Å². The molecule has 0 aliphatic carbocycles. The Bertz CT molecular complexity index is 1180. The number of carbonyl (C=O) groups excluding carboxylic acids is 1. The van der Waals surface area contributed by atoms with Crippen molar-refractivity contribution in [1.29, 1.82) is 0 Å². The molecule has 0 atom stereocenters. The minimum atomic E-state index is -0.269. The van der Waals surface area contributed by atoms with Crippen LogP contribution in [0.4, 0.5) is 5.69 Å². The van der Waals surface area contributed by atoms with E-state index in [1.54, 1.807) is 0 Å². The van der Waals surface area contributed by atoms with E-state index in [2.05, 4.69) is 15.3 Å². The molecule has 1 amide bonds. The number of rotatable bonds is 3. The number of nitrogens with one attached hydrogen (secondary N) is 2. The van der Waals surface area contributed by atoms with Crippen LogP contribution in [0.3, 0.4) is 0 Å². The van der Waals surface area contributed by atoms with Gasteiger partial charge in [0.05, 0.1) is 6.33 Å². The van der Waals surface area contributed by atoms with E-state index >= 15 is 0 Å². The summed E-state index contributed by atoms with van der Waals surface area (Å²) in [5.41, 5.74) is 4.48. The van der Waals surface area contributed by atoms with E-state index in [4.69, 9.17) is 0 Å². The Morgan fingerprint density at radius 1 is 1.15 bits per heavy atom. The van der Waals surface area contributed by atoms with Gasteiger partial charge in [-0.1, -0.05) is 24.3 Å². The molecule has 4 aromatic rings. The van der Waals surface area contributed by atoms with Gasteiger partial charge in [-0.3, -0.25) is 14.2 Å². The highest BCUT2D eigenvalue weighted by atomic mass is 16.2. The Kier molecular flexibility index (Phi) is 3.80. The van der Waals surface area contributed by atoms with Gasteiger partial charge in [-0.25, -0.2) is 4.98 Å². The van der Waals surface area contributed by atoms with E-state index < -0.39 is 0 Å². The predicted molar refractivity (Wildman–Crippen MR) is 102 cm³/mol. The van der Waals surface area contributed by atoms with Crippen molar-refractivity contribution in [2.75, 3.05) is 5.32 Å². The number of aryl methyl sites for hydroxylation is 2. The number of nitrogens with zero attached hydrogens (tertiary/aromatic N) is 2. The SMILES string of the molecule is Cc1cc(C)cc(NC(=O)Cn2cnc3c([nH]c4ccccc43)c2=O)c1. The third kappa shape index (κ3) is 2.86. The van der Waals surface area contributed by atoms with Crippen LogP contribution in [0.5, 0.6) is 0 Å². The highest BCUT2D eigenvalue weighted by molar-refractivity contribution is 6.04. The summed E-state index contributed by atoms with van der Waals surface area (Å²) in [4.78, 5) is 32.5. The van der Waals surface area contributed by atoms with Crippen LogP contribution in [0.25, 0.3) is 21.9 Å². The van der Waals surface area contributed by atoms with Gasteiger partial charge in [-0.2, -0.15) is 0 Å². The van der Waals surface area contributed by atoms with Crippen LogP contribution in [0.2, 0.25) is 0 Å². The number of benzene rings is 2. The highest BCUT2D eigenvalue weighted by Gasteiger charge is 2.12. The maximum atomic E-state index is 12.7. The van der Waals surface area contributed by atoms with Crippen molar-refractivity contribution in [2.45, 2.75) is 20.4 Å². The van der Waals surface area contributed by atoms with E-state index in [0.717, 1.165) is 27.7 Å². The second-order valence-corrected chi connectivity index (χ2v) is 6.50. The lowest BCUT2D eigenvalue weighted by Crippen LogP contribution is -2.28. The topological polar surface area (TPSA) is 79.8 Å². The summed E-state index contributed by atoms with van der Waals surface area (Å²) in [7, 11) is 0. The van der Waals surface area contributed by atoms with Crippen LogP contribution in [0, 0.1) is 13.8 Å². The molecule has 6 nitrogen and oxygen atoms in total. The largest absolute Gasteiger partial charge is 0.349 e. The van der Waals surface area contributed by atoms with Gasteiger partial charge >= 0.3 is 0 Å². The van der Waals surface area contributed by atoms with Crippen molar-refractivity contribution in [2.24, 2.45) is 0 Å². The van der Waals surface area contributed by atoms with Gasteiger partial charge in [-0.05, 0) is 43.2 Å². The molecule has 26 heavy (non-hydrogen) atoms. The third-order valence-electron chi connectivity index (χ3n) is 4.30. The van der Waals surface area contributed by atoms with Gasteiger partial charge in [0.2, 0.25) is 5.91 Å². The van der Waals surface area contributed by atoms with Gasteiger partial charge in [0.1, 0.15) is 17.6 Å². The lowest BCUT2D eigenvalue weighted by molar-refractivity contribution is -0.116. The molecule has 0 aliphatic rings. The summed E-state index contributed by atoms with van der Waals surface area (Å²) < 4.78 is 1.32. The maximum absolute atomic E-state index is 12.7. The number of para-hydroxylation sites is 1. The van der Waals surface area contributed by atoms with E-state index in [1.807, 2.05) is 56.3 Å². The standard InChI is InChI=1S/C20H18N4O2/c1-12-7-13(2)9-14(8-12)22-17(25)10-24-11-21-18-15-5-3-4-6-16(15)23-19(18)20(24)26/h3-9,11,23H,10H2,1-2H3,(H,22,25). The van der Waals surface area contributed by atoms with Gasteiger partial charge in [0.15, 0.2) is 0 Å². The number of anilines is 1. The number of hydrogen-bond acceptors (Lipinski definition) is 3. The summed E-state index contributed by atoms with van der Waals surface area (Å²) in [5.74, 6) is -0.269. The lowest BCUT2D eigenvalue weighted by atomic mass is 10.1. The molecule has 2 heterocycles. The average molecular weight is 346 g/mol. The molecular formula is C20H18N4O2. The Morgan fingerprint density at radius 3 is 2.65 bits per heavy atom. The zero-order valence-electron chi connectivity index (χ0n) is 14.5. The molecule has 0 bridgehead atoms. The highest BCUT2D eigenvalue weighted by Crippen LogP contribution is 2.20. The van der Waals surface area contributed by atoms with E-state index in [-0.39, 0.29) is 18.0 Å². The first-order valence-electron chi connectivity index (χ1n) is 8.35. The first-order valence-corrected chi connectivity index (χ1v) is 8.35. The maximum Gasteiger partial charge on any atom is 0.278 e. The number of carbonyl (C=O) groups is 1. The fourth-order valence-electron chi connectivity index (χ4n) is 3.25. The number of fused-ring (bicyclic) bond motifs is 3. The summed E-state index contributed by atoms with van der Waals surface area (Å²) in [6.45, 7) is 3.85. The Morgan fingerprint density at radius 2 is 1.88 bits per heavy atom. The average Bonchev–Trinajstić information content (AvgIpc) is 2.96. The normalized spacial score (nSPS) is 11.2. The molecule has 2 aromatic carbocycles. The molecule has 6 heteroatoms. The fraction of sp³-hybridized carbons (Fsp3) is 0.150. The first kappa shape index (κ1) is 16.1. The van der Waals surface area contributed by atoms with Crippen LogP contribution in [0.1, 0.15) is 11.1 Å². The van der Waals surface area contributed by atoms with Crippen molar-refractivity contribution in [3.05, 3.63) is 70.3 Å². The van der Waals surface area contributed by atoms with E-state index in [9.17, 15) is 9.59 Å². The molecular weight excluding hydrogens is 328 g/mol. The second kappa shape index (κ2) is 6.15. The van der Waals surface area contributed by atoms with Gasteiger partial charge in [0, 0.05) is 16.6 Å². The summed E-state index contributed by atoms with van der Waals surface area (Å²) in [5, 5.41) is 3.73. The number of aromatic nitrogens is 3. The summed E-state index contributed by atoms with van der Waals surface area (Å²) in [6.07, 6.45) is 1.42. The van der Waals surface area contributed by atoms with Gasteiger partial charge < -0.3 is 10.3 Å². The van der Waals surface area contributed by atoms with Crippen molar-refractivity contribution in [3.63, 3.8) is 0 Å². The quantitative estimate of drug-likeness (QED) is 0.598. The lowest BCUT2D eigenvalue weighted by Gasteiger charge is -2.09. The van der Waals surface area contributed by atoms with Crippen molar-refractivity contribution in [3.8, 4) is 0 Å². The second-order valence-electron chi connectivity index (χ2n) is 6.50. The first-order chi connectivity index (χ1) is 12.5. The molecule has 0 fully saturated rings. The van der Waals surface area contributed by atoms with Gasteiger partial charge in [-0.15, -0.1) is 0 Å². The van der Waals surface area contributed by atoms with Crippen molar-refractivity contribution in [1.82, 2.24) is 14.5 Å². The monoisotopic (exact) mass is 346 g/mol.